The van der Waals surface area contributed by atoms with Gasteiger partial charge in [-0.3, -0.25) is 9.59 Å². The molecule has 2 rings (SSSR count). The summed E-state index contributed by atoms with van der Waals surface area (Å²) in [6, 6.07) is 7.34. The first-order valence-corrected chi connectivity index (χ1v) is 5.38. The van der Waals surface area contributed by atoms with Crippen molar-refractivity contribution in [2.24, 2.45) is 0 Å². The van der Waals surface area contributed by atoms with E-state index in [1.165, 1.54) is 6.08 Å². The van der Waals surface area contributed by atoms with Crippen LogP contribution in [0.4, 0.5) is 0 Å². The topological polar surface area (TPSA) is 46.2 Å². The largest absolute Gasteiger partial charge is 0.322 e. The minimum Gasteiger partial charge on any atom is -0.322 e. The molecule has 1 aliphatic heterocycles. The first-order chi connectivity index (χ1) is 8.06. The first kappa shape index (κ1) is 11.3. The number of hydrogen-bond donors (Lipinski definition) is 1. The number of carbonyl (C=O) groups excluding carboxylic acids is 2. The number of amides is 1. The van der Waals surface area contributed by atoms with Gasteiger partial charge in [0.1, 0.15) is 0 Å². The fourth-order valence-corrected chi connectivity index (χ4v) is 1.58. The van der Waals surface area contributed by atoms with Gasteiger partial charge >= 0.3 is 0 Å². The smallest absolute Gasteiger partial charge is 0.251 e. The molecular weight excluding hydrogens is 214 g/mol. The molecule has 0 atom stereocenters. The average molecular weight is 227 g/mol. The van der Waals surface area contributed by atoms with Gasteiger partial charge in [0.05, 0.1) is 0 Å². The van der Waals surface area contributed by atoms with Crippen molar-refractivity contribution in [3.8, 4) is 0 Å². The zero-order valence-corrected chi connectivity index (χ0v) is 9.78. The molecule has 1 aliphatic rings. The van der Waals surface area contributed by atoms with Crippen LogP contribution in [0.15, 0.2) is 47.7 Å². The minimum atomic E-state index is -0.145. The van der Waals surface area contributed by atoms with Gasteiger partial charge in [-0.2, -0.15) is 0 Å². The maximum atomic E-state index is 11.9. The van der Waals surface area contributed by atoms with Crippen molar-refractivity contribution in [2.45, 2.75) is 13.8 Å². The van der Waals surface area contributed by atoms with Crippen molar-refractivity contribution in [3.63, 3.8) is 0 Å². The number of nitrogens with one attached hydrogen (secondary N) is 1. The molecule has 0 saturated heterocycles. The van der Waals surface area contributed by atoms with Crippen LogP contribution < -0.4 is 5.32 Å². The number of ketones is 1. The van der Waals surface area contributed by atoms with E-state index >= 15 is 0 Å². The Balaban J connectivity index is 2.20. The zero-order valence-electron chi connectivity index (χ0n) is 9.78. The van der Waals surface area contributed by atoms with Gasteiger partial charge in [0.2, 0.25) is 0 Å². The zero-order chi connectivity index (χ0) is 12.4. The summed E-state index contributed by atoms with van der Waals surface area (Å²) < 4.78 is 0. The highest BCUT2D eigenvalue weighted by Crippen LogP contribution is 2.11. The van der Waals surface area contributed by atoms with Crippen molar-refractivity contribution >= 4 is 11.7 Å². The first-order valence-electron chi connectivity index (χ1n) is 5.38. The van der Waals surface area contributed by atoms with Crippen LogP contribution in [0.2, 0.25) is 0 Å². The molecule has 1 aromatic carbocycles. The number of hydrogen-bond acceptors (Lipinski definition) is 2. The Labute approximate surface area is 99.8 Å². The molecule has 86 valence electrons. The van der Waals surface area contributed by atoms with E-state index < -0.39 is 0 Å². The SMILES string of the molecule is CC1=CC(=CC(=O)c2ccc(C)cc2)NC1=O. The second-order valence-electron chi connectivity index (χ2n) is 4.11. The number of benzene rings is 1. The summed E-state index contributed by atoms with van der Waals surface area (Å²) in [6.45, 7) is 3.68. The summed E-state index contributed by atoms with van der Waals surface area (Å²) in [4.78, 5) is 23.1. The van der Waals surface area contributed by atoms with E-state index in [-0.39, 0.29) is 11.7 Å². The van der Waals surface area contributed by atoms with Crippen LogP contribution in [0.5, 0.6) is 0 Å². The summed E-state index contributed by atoms with van der Waals surface area (Å²) >= 11 is 0. The summed E-state index contributed by atoms with van der Waals surface area (Å²) in [5, 5.41) is 2.62. The fraction of sp³-hybridized carbons (Fsp3) is 0.143. The highest BCUT2D eigenvalue weighted by Gasteiger charge is 2.15. The third-order valence-corrected chi connectivity index (χ3v) is 2.61. The lowest BCUT2D eigenvalue weighted by atomic mass is 10.1. The van der Waals surface area contributed by atoms with E-state index in [1.54, 1.807) is 25.1 Å². The van der Waals surface area contributed by atoms with Gasteiger partial charge in [-0.15, -0.1) is 0 Å². The molecule has 1 aromatic rings. The molecule has 1 N–H and O–H groups in total. The lowest BCUT2D eigenvalue weighted by Gasteiger charge is -1.98. The molecule has 1 heterocycles. The van der Waals surface area contributed by atoms with Crippen molar-refractivity contribution in [1.82, 2.24) is 5.32 Å². The standard InChI is InChI=1S/C14H13NO2/c1-9-3-5-11(6-4-9)13(16)8-12-7-10(2)14(17)15-12/h3-8H,1-2H3,(H,15,17). The number of rotatable bonds is 2. The average Bonchev–Trinajstić information content (AvgIpc) is 2.58. The Kier molecular flexibility index (Phi) is 2.91. The van der Waals surface area contributed by atoms with E-state index in [0.717, 1.165) is 5.56 Å². The monoisotopic (exact) mass is 227 g/mol. The third-order valence-electron chi connectivity index (χ3n) is 2.61. The molecule has 17 heavy (non-hydrogen) atoms. The van der Waals surface area contributed by atoms with E-state index in [0.29, 0.717) is 16.8 Å². The van der Waals surface area contributed by atoms with Gasteiger partial charge in [0.25, 0.3) is 5.91 Å². The Hall–Kier alpha value is -2.16. The Morgan fingerprint density at radius 2 is 1.82 bits per heavy atom. The van der Waals surface area contributed by atoms with E-state index in [4.69, 9.17) is 0 Å². The van der Waals surface area contributed by atoms with Crippen molar-refractivity contribution in [1.29, 1.82) is 0 Å². The van der Waals surface area contributed by atoms with Gasteiger partial charge in [0, 0.05) is 22.9 Å². The Morgan fingerprint density at radius 3 is 2.35 bits per heavy atom. The molecular formula is C14H13NO2. The normalized spacial score (nSPS) is 16.9. The predicted molar refractivity (Wildman–Crippen MR) is 65.5 cm³/mol. The quantitative estimate of drug-likeness (QED) is 0.621. The van der Waals surface area contributed by atoms with Crippen molar-refractivity contribution < 1.29 is 9.59 Å². The van der Waals surface area contributed by atoms with Crippen LogP contribution in [-0.4, -0.2) is 11.7 Å². The van der Waals surface area contributed by atoms with Crippen LogP contribution in [0.25, 0.3) is 0 Å². The number of aryl methyl sites for hydroxylation is 1. The van der Waals surface area contributed by atoms with Crippen molar-refractivity contribution in [3.05, 3.63) is 58.8 Å². The second-order valence-corrected chi connectivity index (χ2v) is 4.11. The minimum absolute atomic E-state index is 0.105. The van der Waals surface area contributed by atoms with E-state index in [2.05, 4.69) is 5.32 Å². The molecule has 0 saturated carbocycles. The van der Waals surface area contributed by atoms with E-state index in [9.17, 15) is 9.59 Å². The van der Waals surface area contributed by atoms with Gasteiger partial charge in [-0.25, -0.2) is 0 Å². The summed E-state index contributed by atoms with van der Waals surface area (Å²) in [5.74, 6) is -0.251. The van der Waals surface area contributed by atoms with Crippen LogP contribution in [0.3, 0.4) is 0 Å². The van der Waals surface area contributed by atoms with Gasteiger partial charge in [-0.1, -0.05) is 29.8 Å². The third kappa shape index (κ3) is 2.50. The fourth-order valence-electron chi connectivity index (χ4n) is 1.58. The highest BCUT2D eigenvalue weighted by molar-refractivity contribution is 6.07. The van der Waals surface area contributed by atoms with Crippen LogP contribution in [0.1, 0.15) is 22.8 Å². The molecule has 0 aromatic heterocycles. The van der Waals surface area contributed by atoms with Crippen LogP contribution in [-0.2, 0) is 4.79 Å². The molecule has 0 spiro atoms. The summed E-state index contributed by atoms with van der Waals surface area (Å²) in [7, 11) is 0. The molecule has 0 unspecified atom stereocenters. The van der Waals surface area contributed by atoms with Gasteiger partial charge in [0.15, 0.2) is 5.78 Å². The molecule has 0 radical (unpaired) electrons. The predicted octanol–water partition coefficient (Wildman–Crippen LogP) is 2.14. The Bertz CT molecular complexity index is 536. The van der Waals surface area contributed by atoms with Gasteiger partial charge in [-0.05, 0) is 19.9 Å². The summed E-state index contributed by atoms with van der Waals surface area (Å²) in [5.41, 5.74) is 2.90. The maximum absolute atomic E-state index is 11.9. The lowest BCUT2D eigenvalue weighted by Crippen LogP contribution is -2.16. The Morgan fingerprint density at radius 1 is 1.18 bits per heavy atom. The number of carbonyl (C=O) groups is 2. The molecule has 0 aliphatic carbocycles. The summed E-state index contributed by atoms with van der Waals surface area (Å²) in [6.07, 6.45) is 3.12. The molecule has 0 fully saturated rings. The van der Waals surface area contributed by atoms with Crippen LogP contribution >= 0.6 is 0 Å². The molecule has 3 heteroatoms. The highest BCUT2D eigenvalue weighted by atomic mass is 16.2. The molecule has 3 nitrogen and oxygen atoms in total. The van der Waals surface area contributed by atoms with Crippen LogP contribution in [0, 0.1) is 6.92 Å². The lowest BCUT2D eigenvalue weighted by molar-refractivity contribution is -0.116. The molecule has 1 amide bonds. The molecule has 0 bridgehead atoms. The van der Waals surface area contributed by atoms with Crippen molar-refractivity contribution in [2.75, 3.05) is 0 Å². The van der Waals surface area contributed by atoms with Gasteiger partial charge < -0.3 is 5.32 Å². The maximum Gasteiger partial charge on any atom is 0.251 e. The number of allylic oxidation sites excluding steroid dienone is 2. The van der Waals surface area contributed by atoms with E-state index in [1.807, 2.05) is 19.1 Å². The second kappa shape index (κ2) is 4.37.